The van der Waals surface area contributed by atoms with Crippen LogP contribution in [0.3, 0.4) is 0 Å². The van der Waals surface area contributed by atoms with E-state index < -0.39 is 16.0 Å². The zero-order chi connectivity index (χ0) is 15.3. The first-order valence-corrected chi connectivity index (χ1v) is 7.38. The van der Waals surface area contributed by atoms with Crippen LogP contribution >= 0.6 is 0 Å². The third-order valence-electron chi connectivity index (χ3n) is 2.52. The van der Waals surface area contributed by atoms with Crippen molar-refractivity contribution >= 4 is 27.8 Å². The molecule has 0 fully saturated rings. The van der Waals surface area contributed by atoms with Crippen molar-refractivity contribution in [3.05, 3.63) is 60.4 Å². The van der Waals surface area contributed by atoms with E-state index in [2.05, 4.69) is 9.71 Å². The third-order valence-corrected chi connectivity index (χ3v) is 3.91. The van der Waals surface area contributed by atoms with Gasteiger partial charge in [-0.2, -0.15) is 0 Å². The average molecular weight is 303 g/mol. The molecule has 0 saturated heterocycles. The van der Waals surface area contributed by atoms with Crippen LogP contribution in [0, 0.1) is 0 Å². The van der Waals surface area contributed by atoms with Crippen molar-refractivity contribution in [2.45, 2.75) is 4.90 Å². The second kappa shape index (κ2) is 6.19. The first kappa shape index (κ1) is 14.7. The topological polar surface area (TPSA) is 99.2 Å². The molecule has 0 saturated carbocycles. The van der Waals surface area contributed by atoms with Crippen LogP contribution in [0.2, 0.25) is 0 Å². The zero-order valence-electron chi connectivity index (χ0n) is 10.8. The van der Waals surface area contributed by atoms with Crippen LogP contribution in [0.5, 0.6) is 0 Å². The van der Waals surface area contributed by atoms with Gasteiger partial charge < -0.3 is 9.90 Å². The van der Waals surface area contributed by atoms with Gasteiger partial charge in [0.1, 0.15) is 0 Å². The molecule has 1 heterocycles. The quantitative estimate of drug-likeness (QED) is 0.817. The summed E-state index contributed by atoms with van der Waals surface area (Å²) in [5.41, 5.74) is 0.915. The molecule has 0 aliphatic heterocycles. The minimum Gasteiger partial charge on any atom is -0.545 e. The lowest BCUT2D eigenvalue weighted by atomic mass is 10.2. The summed E-state index contributed by atoms with van der Waals surface area (Å²) in [6.07, 6.45) is 5.13. The Balaban J connectivity index is 2.19. The lowest BCUT2D eigenvalue weighted by Gasteiger charge is -2.07. The van der Waals surface area contributed by atoms with Gasteiger partial charge in [0.2, 0.25) is 0 Å². The van der Waals surface area contributed by atoms with Gasteiger partial charge in [-0.1, -0.05) is 18.2 Å². The van der Waals surface area contributed by atoms with Crippen molar-refractivity contribution in [3.8, 4) is 0 Å². The van der Waals surface area contributed by atoms with Gasteiger partial charge in [-0.25, -0.2) is 8.42 Å². The van der Waals surface area contributed by atoms with E-state index in [1.165, 1.54) is 42.7 Å². The minimum absolute atomic E-state index is 0.0666. The molecule has 0 spiro atoms. The molecule has 0 amide bonds. The van der Waals surface area contributed by atoms with Crippen LogP contribution in [-0.4, -0.2) is 19.4 Å². The fraction of sp³-hybridized carbons (Fsp3) is 0. The number of hydrogen-bond acceptors (Lipinski definition) is 5. The molecule has 7 heteroatoms. The number of aliphatic carboxylic acids is 1. The summed E-state index contributed by atoms with van der Waals surface area (Å²) < 4.78 is 26.6. The molecular weight excluding hydrogens is 292 g/mol. The van der Waals surface area contributed by atoms with Crippen LogP contribution in [-0.2, 0) is 14.8 Å². The average Bonchev–Trinajstić information content (AvgIpc) is 2.46. The predicted molar refractivity (Wildman–Crippen MR) is 75.5 cm³/mol. The SMILES string of the molecule is O=C([O-])/C=C/c1ccc(S(=O)(=O)Nc2cccnc2)cc1. The molecule has 0 bridgehead atoms. The van der Waals surface area contributed by atoms with Gasteiger partial charge in [-0.15, -0.1) is 0 Å². The summed E-state index contributed by atoms with van der Waals surface area (Å²) in [6, 6.07) is 8.96. The van der Waals surface area contributed by atoms with Crippen molar-refractivity contribution in [2.75, 3.05) is 4.72 Å². The number of carbonyl (C=O) groups is 1. The standard InChI is InChI=1S/C14H12N2O4S/c17-14(18)8-5-11-3-6-13(7-4-11)21(19,20)16-12-2-1-9-15-10-12/h1-10,16H,(H,17,18)/p-1/b8-5+. The molecule has 2 rings (SSSR count). The van der Waals surface area contributed by atoms with E-state index in [1.807, 2.05) is 0 Å². The number of carbonyl (C=O) groups excluding carboxylic acids is 1. The first-order valence-electron chi connectivity index (χ1n) is 5.89. The van der Waals surface area contributed by atoms with E-state index >= 15 is 0 Å². The Morgan fingerprint density at radius 3 is 2.48 bits per heavy atom. The van der Waals surface area contributed by atoms with Crippen molar-refractivity contribution in [3.63, 3.8) is 0 Å². The van der Waals surface area contributed by atoms with E-state index in [0.29, 0.717) is 11.3 Å². The molecule has 108 valence electrons. The Bertz CT molecular complexity index is 753. The van der Waals surface area contributed by atoms with E-state index in [1.54, 1.807) is 12.1 Å². The summed E-state index contributed by atoms with van der Waals surface area (Å²) in [6.45, 7) is 0. The second-order valence-electron chi connectivity index (χ2n) is 4.07. The third kappa shape index (κ3) is 4.15. The molecule has 0 radical (unpaired) electrons. The number of nitrogens with one attached hydrogen (secondary N) is 1. The highest BCUT2D eigenvalue weighted by atomic mass is 32.2. The molecule has 1 aromatic carbocycles. The maximum absolute atomic E-state index is 12.1. The number of nitrogens with zero attached hydrogens (tertiary/aromatic N) is 1. The molecule has 2 aromatic rings. The highest BCUT2D eigenvalue weighted by Gasteiger charge is 2.13. The Hall–Kier alpha value is -2.67. The number of carboxylic acid groups (broad SMARTS) is 1. The Morgan fingerprint density at radius 1 is 1.19 bits per heavy atom. The van der Waals surface area contributed by atoms with E-state index in [-0.39, 0.29) is 4.90 Å². The molecule has 0 aliphatic rings. The summed E-state index contributed by atoms with van der Waals surface area (Å²) in [7, 11) is -3.70. The molecular formula is C14H11N2O4S-. The Labute approximate surface area is 121 Å². The van der Waals surface area contributed by atoms with Crippen LogP contribution in [0.4, 0.5) is 5.69 Å². The first-order chi connectivity index (χ1) is 9.97. The minimum atomic E-state index is -3.70. The summed E-state index contributed by atoms with van der Waals surface area (Å²) >= 11 is 0. The number of anilines is 1. The fourth-order valence-electron chi connectivity index (χ4n) is 1.56. The number of sulfonamides is 1. The molecule has 0 atom stereocenters. The monoisotopic (exact) mass is 303 g/mol. The van der Waals surface area contributed by atoms with Gasteiger partial charge in [-0.05, 0) is 35.9 Å². The normalized spacial score (nSPS) is 11.4. The number of aromatic nitrogens is 1. The Morgan fingerprint density at radius 2 is 1.90 bits per heavy atom. The summed E-state index contributed by atoms with van der Waals surface area (Å²) in [4.78, 5) is 14.2. The zero-order valence-corrected chi connectivity index (χ0v) is 11.6. The van der Waals surface area contributed by atoms with Gasteiger partial charge in [0, 0.05) is 6.20 Å². The van der Waals surface area contributed by atoms with Crippen molar-refractivity contribution in [1.29, 1.82) is 0 Å². The van der Waals surface area contributed by atoms with Gasteiger partial charge in [0.05, 0.1) is 22.7 Å². The van der Waals surface area contributed by atoms with Gasteiger partial charge in [0.15, 0.2) is 0 Å². The number of rotatable bonds is 5. The summed E-state index contributed by atoms with van der Waals surface area (Å²) in [5, 5.41) is 10.3. The molecule has 6 nitrogen and oxygen atoms in total. The highest BCUT2D eigenvalue weighted by Crippen LogP contribution is 2.16. The number of pyridine rings is 1. The number of hydrogen-bond donors (Lipinski definition) is 1. The van der Waals surface area contributed by atoms with E-state index in [0.717, 1.165) is 6.08 Å². The van der Waals surface area contributed by atoms with Gasteiger partial charge in [-0.3, -0.25) is 9.71 Å². The number of benzene rings is 1. The predicted octanol–water partition coefficient (Wildman–Crippen LogP) is 0.645. The van der Waals surface area contributed by atoms with Crippen molar-refractivity contribution in [1.82, 2.24) is 4.98 Å². The highest BCUT2D eigenvalue weighted by molar-refractivity contribution is 7.92. The van der Waals surface area contributed by atoms with E-state index in [9.17, 15) is 18.3 Å². The van der Waals surface area contributed by atoms with Crippen LogP contribution in [0.15, 0.2) is 59.8 Å². The molecule has 0 aliphatic carbocycles. The van der Waals surface area contributed by atoms with Crippen molar-refractivity contribution in [2.24, 2.45) is 0 Å². The maximum Gasteiger partial charge on any atom is 0.261 e. The molecule has 1 aromatic heterocycles. The number of carboxylic acids is 1. The van der Waals surface area contributed by atoms with Crippen LogP contribution in [0.1, 0.15) is 5.56 Å². The van der Waals surface area contributed by atoms with E-state index in [4.69, 9.17) is 0 Å². The Kier molecular flexibility index (Phi) is 4.34. The fourth-order valence-corrected chi connectivity index (χ4v) is 2.60. The molecule has 0 unspecified atom stereocenters. The largest absolute Gasteiger partial charge is 0.545 e. The van der Waals surface area contributed by atoms with Gasteiger partial charge in [0.25, 0.3) is 10.0 Å². The smallest absolute Gasteiger partial charge is 0.261 e. The molecule has 21 heavy (non-hydrogen) atoms. The van der Waals surface area contributed by atoms with Gasteiger partial charge >= 0.3 is 0 Å². The lowest BCUT2D eigenvalue weighted by Crippen LogP contribution is -2.18. The maximum atomic E-state index is 12.1. The van der Waals surface area contributed by atoms with Crippen molar-refractivity contribution < 1.29 is 18.3 Å². The molecule has 1 N–H and O–H groups in total. The van der Waals surface area contributed by atoms with Crippen LogP contribution in [0.25, 0.3) is 6.08 Å². The second-order valence-corrected chi connectivity index (χ2v) is 5.75. The lowest BCUT2D eigenvalue weighted by molar-refractivity contribution is -0.297. The van der Waals surface area contributed by atoms with Crippen LogP contribution < -0.4 is 9.83 Å². The summed E-state index contributed by atoms with van der Waals surface area (Å²) in [5.74, 6) is -1.31.